The zero-order valence-corrected chi connectivity index (χ0v) is 17.7. The van der Waals surface area contributed by atoms with E-state index in [9.17, 15) is 4.79 Å². The van der Waals surface area contributed by atoms with Crippen molar-refractivity contribution in [1.82, 2.24) is 14.9 Å². The monoisotopic (exact) mass is 411 g/mol. The molecular weight excluding hydrogens is 386 g/mol. The average Bonchev–Trinajstić information content (AvgIpc) is 3.20. The van der Waals surface area contributed by atoms with Gasteiger partial charge in [0, 0.05) is 35.9 Å². The lowest BCUT2D eigenvalue weighted by Gasteiger charge is -2.18. The number of ether oxygens (including phenoxy) is 2. The third-order valence-corrected chi connectivity index (χ3v) is 5.30. The van der Waals surface area contributed by atoms with Crippen molar-refractivity contribution < 1.29 is 14.3 Å². The number of amides is 1. The first-order chi connectivity index (χ1) is 14.1. The van der Waals surface area contributed by atoms with Gasteiger partial charge in [-0.2, -0.15) is 0 Å². The van der Waals surface area contributed by atoms with E-state index in [0.717, 1.165) is 22.7 Å². The first-order valence-electron chi connectivity index (χ1n) is 9.58. The van der Waals surface area contributed by atoms with Crippen molar-refractivity contribution in [2.24, 2.45) is 0 Å². The minimum atomic E-state index is -0.0872. The second-order valence-corrected chi connectivity index (χ2v) is 7.43. The van der Waals surface area contributed by atoms with Gasteiger partial charge in [0.25, 0.3) is 5.91 Å². The Morgan fingerprint density at radius 1 is 1.17 bits per heavy atom. The number of rotatable bonds is 9. The van der Waals surface area contributed by atoms with Gasteiger partial charge in [0.05, 0.1) is 23.9 Å². The molecule has 0 spiro atoms. The van der Waals surface area contributed by atoms with E-state index in [-0.39, 0.29) is 5.91 Å². The highest BCUT2D eigenvalue weighted by atomic mass is 32.1. The molecule has 0 saturated heterocycles. The van der Waals surface area contributed by atoms with Crippen LogP contribution in [0.5, 0.6) is 11.5 Å². The quantitative estimate of drug-likeness (QED) is 0.524. The number of aryl methyl sites for hydroxylation is 1. The SMILES string of the molecule is CCOc1cc(C(=O)N(C)Cc2csc(CC)n2)ccc1OCc1cccnc1. The number of thiazole rings is 1. The number of aromatic nitrogens is 2. The van der Waals surface area contributed by atoms with E-state index in [4.69, 9.17) is 9.47 Å². The van der Waals surface area contributed by atoms with Gasteiger partial charge in [0.2, 0.25) is 0 Å². The van der Waals surface area contributed by atoms with Gasteiger partial charge in [0.1, 0.15) is 6.61 Å². The predicted octanol–water partition coefficient (Wildman–Crippen LogP) is 4.35. The van der Waals surface area contributed by atoms with Gasteiger partial charge in [-0.1, -0.05) is 13.0 Å². The zero-order valence-electron chi connectivity index (χ0n) is 16.9. The van der Waals surface area contributed by atoms with Gasteiger partial charge in [-0.3, -0.25) is 9.78 Å². The molecule has 7 heteroatoms. The fraction of sp³-hybridized carbons (Fsp3) is 0.318. The maximum absolute atomic E-state index is 12.9. The summed E-state index contributed by atoms with van der Waals surface area (Å²) in [6, 6.07) is 9.09. The first kappa shape index (κ1) is 20.8. The molecule has 6 nitrogen and oxygen atoms in total. The van der Waals surface area contributed by atoms with E-state index >= 15 is 0 Å². The molecule has 3 rings (SSSR count). The highest BCUT2D eigenvalue weighted by Crippen LogP contribution is 2.30. The third kappa shape index (κ3) is 5.54. The van der Waals surface area contributed by atoms with Gasteiger partial charge in [-0.25, -0.2) is 4.98 Å². The molecule has 0 aliphatic heterocycles. The summed E-state index contributed by atoms with van der Waals surface area (Å²) in [5, 5.41) is 3.08. The summed E-state index contributed by atoms with van der Waals surface area (Å²) in [5.41, 5.74) is 2.42. The third-order valence-electron chi connectivity index (χ3n) is 4.26. The van der Waals surface area contributed by atoms with Crippen LogP contribution < -0.4 is 9.47 Å². The zero-order chi connectivity index (χ0) is 20.6. The standard InChI is InChI=1S/C22H25N3O3S/c1-4-21-24-18(15-29-21)13-25(3)22(26)17-8-9-19(20(11-17)27-5-2)28-14-16-7-6-10-23-12-16/h6-12,15H,4-5,13-14H2,1-3H3. The molecule has 0 atom stereocenters. The molecule has 29 heavy (non-hydrogen) atoms. The van der Waals surface area contributed by atoms with Crippen molar-refractivity contribution in [2.45, 2.75) is 33.4 Å². The second kappa shape index (κ2) is 10.0. The summed E-state index contributed by atoms with van der Waals surface area (Å²) in [6.45, 7) is 5.31. The van der Waals surface area contributed by atoms with Gasteiger partial charge >= 0.3 is 0 Å². The molecular formula is C22H25N3O3S. The highest BCUT2D eigenvalue weighted by Gasteiger charge is 2.16. The van der Waals surface area contributed by atoms with E-state index in [2.05, 4.69) is 16.9 Å². The molecule has 0 N–H and O–H groups in total. The molecule has 0 unspecified atom stereocenters. The van der Waals surface area contributed by atoms with Crippen molar-refractivity contribution in [1.29, 1.82) is 0 Å². The summed E-state index contributed by atoms with van der Waals surface area (Å²) in [5.74, 6) is 1.07. The van der Waals surface area contributed by atoms with Crippen molar-refractivity contribution in [2.75, 3.05) is 13.7 Å². The Bertz CT molecular complexity index is 943. The fourth-order valence-electron chi connectivity index (χ4n) is 2.79. The number of carbonyl (C=O) groups excluding carboxylic acids is 1. The van der Waals surface area contributed by atoms with Gasteiger partial charge in [0.15, 0.2) is 11.5 Å². The number of nitrogens with zero attached hydrogens (tertiary/aromatic N) is 3. The Kier molecular flexibility index (Phi) is 7.19. The van der Waals surface area contributed by atoms with E-state index in [0.29, 0.717) is 36.8 Å². The molecule has 0 aliphatic carbocycles. The summed E-state index contributed by atoms with van der Waals surface area (Å²) < 4.78 is 11.6. The van der Waals surface area contributed by atoms with Gasteiger partial charge < -0.3 is 14.4 Å². The fourth-order valence-corrected chi connectivity index (χ4v) is 3.53. The van der Waals surface area contributed by atoms with Crippen LogP contribution in [0.1, 0.15) is 40.5 Å². The number of carbonyl (C=O) groups is 1. The molecule has 2 aromatic heterocycles. The van der Waals surface area contributed by atoms with Crippen LogP contribution >= 0.6 is 11.3 Å². The van der Waals surface area contributed by atoms with E-state index in [1.807, 2.05) is 24.4 Å². The topological polar surface area (TPSA) is 64.5 Å². The smallest absolute Gasteiger partial charge is 0.254 e. The lowest BCUT2D eigenvalue weighted by molar-refractivity contribution is 0.0783. The molecule has 0 saturated carbocycles. The lowest BCUT2D eigenvalue weighted by atomic mass is 10.1. The normalized spacial score (nSPS) is 10.6. The molecule has 0 fully saturated rings. The lowest BCUT2D eigenvalue weighted by Crippen LogP contribution is -2.26. The Labute approximate surface area is 175 Å². The van der Waals surface area contributed by atoms with Crippen molar-refractivity contribution in [3.8, 4) is 11.5 Å². The average molecular weight is 412 g/mol. The van der Waals surface area contributed by atoms with Crippen LogP contribution in [0.3, 0.4) is 0 Å². The number of pyridine rings is 1. The summed E-state index contributed by atoms with van der Waals surface area (Å²) in [4.78, 5) is 23.2. The van der Waals surface area contributed by atoms with Crippen LogP contribution in [0.15, 0.2) is 48.1 Å². The maximum atomic E-state index is 12.9. The molecule has 3 aromatic rings. The Morgan fingerprint density at radius 2 is 2.03 bits per heavy atom. The van der Waals surface area contributed by atoms with Gasteiger partial charge in [-0.05, 0) is 37.6 Å². The number of benzene rings is 1. The minimum Gasteiger partial charge on any atom is -0.490 e. The molecule has 0 bridgehead atoms. The molecule has 1 aromatic carbocycles. The van der Waals surface area contributed by atoms with Crippen LogP contribution in [0.25, 0.3) is 0 Å². The molecule has 0 radical (unpaired) electrons. The largest absolute Gasteiger partial charge is 0.490 e. The first-order valence-corrected chi connectivity index (χ1v) is 10.5. The second-order valence-electron chi connectivity index (χ2n) is 6.49. The number of hydrogen-bond donors (Lipinski definition) is 0. The minimum absolute atomic E-state index is 0.0872. The van der Waals surface area contributed by atoms with Crippen LogP contribution in [-0.4, -0.2) is 34.4 Å². The number of hydrogen-bond acceptors (Lipinski definition) is 6. The molecule has 1 amide bonds. The Morgan fingerprint density at radius 3 is 2.72 bits per heavy atom. The summed E-state index contributed by atoms with van der Waals surface area (Å²) in [6.07, 6.45) is 4.39. The predicted molar refractivity (Wildman–Crippen MR) is 113 cm³/mol. The van der Waals surface area contributed by atoms with E-state index < -0.39 is 0 Å². The van der Waals surface area contributed by atoms with Crippen molar-refractivity contribution in [3.05, 3.63) is 69.9 Å². The summed E-state index contributed by atoms with van der Waals surface area (Å²) in [7, 11) is 1.78. The molecule has 2 heterocycles. The van der Waals surface area contributed by atoms with Gasteiger partial charge in [-0.15, -0.1) is 11.3 Å². The van der Waals surface area contributed by atoms with E-state index in [1.165, 1.54) is 0 Å². The van der Waals surface area contributed by atoms with Crippen LogP contribution in [0, 0.1) is 0 Å². The van der Waals surface area contributed by atoms with Crippen LogP contribution in [0.2, 0.25) is 0 Å². The van der Waals surface area contributed by atoms with Crippen LogP contribution in [-0.2, 0) is 19.6 Å². The molecule has 0 aliphatic rings. The Balaban J connectivity index is 1.71. The summed E-state index contributed by atoms with van der Waals surface area (Å²) >= 11 is 1.62. The van der Waals surface area contributed by atoms with Crippen molar-refractivity contribution in [3.63, 3.8) is 0 Å². The van der Waals surface area contributed by atoms with E-state index in [1.54, 1.807) is 53.9 Å². The molecule has 152 valence electrons. The highest BCUT2D eigenvalue weighted by molar-refractivity contribution is 7.09. The Hall–Kier alpha value is -2.93. The van der Waals surface area contributed by atoms with Crippen molar-refractivity contribution >= 4 is 17.2 Å². The maximum Gasteiger partial charge on any atom is 0.254 e. The van der Waals surface area contributed by atoms with Crippen LogP contribution in [0.4, 0.5) is 0 Å².